The first-order chi connectivity index (χ1) is 13.9. The molecule has 0 aromatic carbocycles. The van der Waals surface area contributed by atoms with Gasteiger partial charge >= 0.3 is 5.97 Å². The molecule has 9 heteroatoms. The number of hydrogen-bond acceptors (Lipinski definition) is 7. The predicted octanol–water partition coefficient (Wildman–Crippen LogP) is 1.61. The number of hydrogen-bond donors (Lipinski definition) is 1. The minimum absolute atomic E-state index is 0.0585. The maximum absolute atomic E-state index is 12.3. The van der Waals surface area contributed by atoms with Gasteiger partial charge in [-0.25, -0.2) is 4.79 Å². The highest BCUT2D eigenvalue weighted by atomic mass is 16.5. The van der Waals surface area contributed by atoms with Crippen molar-refractivity contribution in [3.8, 4) is 0 Å². The molecule has 2 aromatic heterocycles. The largest absolute Gasteiger partial charge is 0.467 e. The lowest BCUT2D eigenvalue weighted by Gasteiger charge is -2.30. The van der Waals surface area contributed by atoms with E-state index in [4.69, 9.17) is 9.84 Å². The Hall–Kier alpha value is -2.71. The van der Waals surface area contributed by atoms with Crippen LogP contribution in [0.1, 0.15) is 45.9 Å². The minimum Gasteiger partial charge on any atom is -0.467 e. The van der Waals surface area contributed by atoms with Crippen LogP contribution in [0.4, 0.5) is 5.82 Å². The maximum Gasteiger partial charge on any atom is 0.328 e. The standard InChI is InChI=1S/C20H30N6O3/c1-13(2)19(20(28)29-4)21-18(27)8-7-16-23-22-15-5-6-17(24-26(15)16)25-11-9-14(3)10-12-25/h5-6,13-14,19H,7-12H2,1-4H3,(H,21,27)/t19-/m0/s1. The SMILES string of the molecule is COC(=O)[C@@H](NC(=O)CCc1nnc2ccc(N3CCC(C)CC3)nn12)C(C)C. The van der Waals surface area contributed by atoms with Gasteiger partial charge in [-0.2, -0.15) is 4.52 Å². The van der Waals surface area contributed by atoms with Crippen molar-refractivity contribution in [1.29, 1.82) is 0 Å². The van der Waals surface area contributed by atoms with Crippen molar-refractivity contribution in [3.63, 3.8) is 0 Å². The molecule has 0 spiro atoms. The Kier molecular flexibility index (Phi) is 6.66. The zero-order valence-corrected chi connectivity index (χ0v) is 17.6. The molecule has 3 heterocycles. The monoisotopic (exact) mass is 402 g/mol. The highest BCUT2D eigenvalue weighted by molar-refractivity contribution is 5.84. The van der Waals surface area contributed by atoms with Crippen LogP contribution in [0, 0.1) is 11.8 Å². The lowest BCUT2D eigenvalue weighted by atomic mass is 9.99. The van der Waals surface area contributed by atoms with Crippen LogP contribution in [0.3, 0.4) is 0 Å². The maximum atomic E-state index is 12.3. The number of amides is 1. The zero-order valence-electron chi connectivity index (χ0n) is 17.6. The van der Waals surface area contributed by atoms with E-state index in [2.05, 4.69) is 27.3 Å². The third-order valence-corrected chi connectivity index (χ3v) is 5.43. The summed E-state index contributed by atoms with van der Waals surface area (Å²) in [6, 6.07) is 3.22. The Morgan fingerprint density at radius 3 is 2.62 bits per heavy atom. The number of rotatable bonds is 7. The topological polar surface area (TPSA) is 102 Å². The molecule has 1 saturated heterocycles. The number of aryl methyl sites for hydroxylation is 1. The zero-order chi connectivity index (χ0) is 21.0. The van der Waals surface area contributed by atoms with E-state index >= 15 is 0 Å². The van der Waals surface area contributed by atoms with Crippen LogP contribution < -0.4 is 10.2 Å². The fraction of sp³-hybridized carbons (Fsp3) is 0.650. The summed E-state index contributed by atoms with van der Waals surface area (Å²) in [5.41, 5.74) is 0.657. The summed E-state index contributed by atoms with van der Waals surface area (Å²) in [6.07, 6.45) is 2.89. The summed E-state index contributed by atoms with van der Waals surface area (Å²) in [7, 11) is 1.32. The fourth-order valence-corrected chi connectivity index (χ4v) is 3.48. The van der Waals surface area contributed by atoms with E-state index in [1.54, 1.807) is 4.52 Å². The van der Waals surface area contributed by atoms with Crippen molar-refractivity contribution in [2.24, 2.45) is 11.8 Å². The number of esters is 1. The summed E-state index contributed by atoms with van der Waals surface area (Å²) < 4.78 is 6.47. The number of piperidine rings is 1. The molecule has 0 unspecified atom stereocenters. The van der Waals surface area contributed by atoms with E-state index in [0.29, 0.717) is 17.9 Å². The average molecular weight is 402 g/mol. The molecule has 1 N–H and O–H groups in total. The average Bonchev–Trinajstić information content (AvgIpc) is 3.12. The van der Waals surface area contributed by atoms with E-state index in [1.165, 1.54) is 7.11 Å². The van der Waals surface area contributed by atoms with Crippen LogP contribution in [0.25, 0.3) is 5.65 Å². The van der Waals surface area contributed by atoms with Gasteiger partial charge in [0.15, 0.2) is 11.5 Å². The minimum atomic E-state index is -0.658. The second-order valence-electron chi connectivity index (χ2n) is 8.06. The second-order valence-corrected chi connectivity index (χ2v) is 8.06. The molecule has 0 radical (unpaired) electrons. The van der Waals surface area contributed by atoms with Gasteiger partial charge in [0, 0.05) is 25.9 Å². The number of nitrogens with one attached hydrogen (secondary N) is 1. The van der Waals surface area contributed by atoms with Crippen LogP contribution in [-0.4, -0.2) is 57.9 Å². The number of ether oxygens (including phenoxy) is 1. The van der Waals surface area contributed by atoms with Crippen LogP contribution in [0.5, 0.6) is 0 Å². The van der Waals surface area contributed by atoms with Crippen LogP contribution >= 0.6 is 0 Å². The molecule has 0 saturated carbocycles. The molecule has 1 aliphatic heterocycles. The van der Waals surface area contributed by atoms with Crippen LogP contribution in [-0.2, 0) is 20.7 Å². The molecule has 0 bridgehead atoms. The molecule has 3 rings (SSSR count). The molecule has 9 nitrogen and oxygen atoms in total. The van der Waals surface area contributed by atoms with Crippen LogP contribution in [0.2, 0.25) is 0 Å². The molecule has 158 valence electrons. The second kappa shape index (κ2) is 9.19. The first-order valence-corrected chi connectivity index (χ1v) is 10.2. The molecule has 1 aliphatic rings. The molecule has 1 fully saturated rings. The summed E-state index contributed by atoms with van der Waals surface area (Å²) in [4.78, 5) is 26.5. The van der Waals surface area contributed by atoms with Crippen molar-refractivity contribution >= 4 is 23.3 Å². The van der Waals surface area contributed by atoms with Gasteiger partial charge in [0.2, 0.25) is 5.91 Å². The molecule has 1 amide bonds. The predicted molar refractivity (Wildman–Crippen MR) is 108 cm³/mol. The smallest absolute Gasteiger partial charge is 0.328 e. The summed E-state index contributed by atoms with van der Waals surface area (Å²) in [6.45, 7) is 7.98. The van der Waals surface area contributed by atoms with E-state index < -0.39 is 12.0 Å². The summed E-state index contributed by atoms with van der Waals surface area (Å²) >= 11 is 0. The molecule has 1 atom stereocenters. The third kappa shape index (κ3) is 5.02. The van der Waals surface area contributed by atoms with Gasteiger partial charge in [0.05, 0.1) is 7.11 Å². The van der Waals surface area contributed by atoms with Crippen LogP contribution in [0.15, 0.2) is 12.1 Å². The van der Waals surface area contributed by atoms with Crippen molar-refractivity contribution in [2.45, 2.75) is 52.5 Å². The number of fused-ring (bicyclic) bond motifs is 1. The van der Waals surface area contributed by atoms with Crippen molar-refractivity contribution < 1.29 is 14.3 Å². The number of carbonyl (C=O) groups excluding carboxylic acids is 2. The molecular weight excluding hydrogens is 372 g/mol. The Labute approximate surface area is 170 Å². The van der Waals surface area contributed by atoms with Gasteiger partial charge in [-0.15, -0.1) is 15.3 Å². The Balaban J connectivity index is 1.66. The molecule has 0 aliphatic carbocycles. The molecule has 29 heavy (non-hydrogen) atoms. The number of anilines is 1. The first kappa shape index (κ1) is 21.0. The van der Waals surface area contributed by atoms with E-state index in [1.807, 2.05) is 26.0 Å². The number of nitrogens with zero attached hydrogens (tertiary/aromatic N) is 5. The van der Waals surface area contributed by atoms with E-state index in [-0.39, 0.29) is 18.2 Å². The van der Waals surface area contributed by atoms with Crippen molar-refractivity contribution in [2.75, 3.05) is 25.1 Å². The molecular formula is C20H30N6O3. The number of carbonyl (C=O) groups is 2. The lowest BCUT2D eigenvalue weighted by molar-refractivity contribution is -0.146. The van der Waals surface area contributed by atoms with Gasteiger partial charge in [-0.05, 0) is 36.8 Å². The molecule has 2 aromatic rings. The van der Waals surface area contributed by atoms with E-state index in [9.17, 15) is 9.59 Å². The van der Waals surface area contributed by atoms with Crippen molar-refractivity contribution in [3.05, 3.63) is 18.0 Å². The fourth-order valence-electron chi connectivity index (χ4n) is 3.48. The van der Waals surface area contributed by atoms with Gasteiger partial charge in [-0.3, -0.25) is 4.79 Å². The quantitative estimate of drug-likeness (QED) is 0.702. The highest BCUT2D eigenvalue weighted by Gasteiger charge is 2.25. The third-order valence-electron chi connectivity index (χ3n) is 5.43. The van der Waals surface area contributed by atoms with E-state index in [0.717, 1.165) is 37.7 Å². The Morgan fingerprint density at radius 1 is 1.24 bits per heavy atom. The normalized spacial score (nSPS) is 16.2. The van der Waals surface area contributed by atoms with Gasteiger partial charge < -0.3 is 15.0 Å². The van der Waals surface area contributed by atoms with Gasteiger partial charge in [0.1, 0.15) is 11.9 Å². The highest BCUT2D eigenvalue weighted by Crippen LogP contribution is 2.21. The number of methoxy groups -OCH3 is 1. The van der Waals surface area contributed by atoms with Gasteiger partial charge in [-0.1, -0.05) is 20.8 Å². The number of aromatic nitrogens is 4. The Bertz CT molecular complexity index is 857. The Morgan fingerprint density at radius 2 is 1.97 bits per heavy atom. The van der Waals surface area contributed by atoms with Gasteiger partial charge in [0.25, 0.3) is 0 Å². The first-order valence-electron chi connectivity index (χ1n) is 10.2. The lowest BCUT2D eigenvalue weighted by Crippen LogP contribution is -2.45. The van der Waals surface area contributed by atoms with Crippen molar-refractivity contribution in [1.82, 2.24) is 25.1 Å². The summed E-state index contributed by atoms with van der Waals surface area (Å²) in [5.74, 6) is 1.55. The summed E-state index contributed by atoms with van der Waals surface area (Å²) in [5, 5.41) is 15.8.